The number of aromatic nitrogens is 4. The lowest BCUT2D eigenvalue weighted by Crippen LogP contribution is -2.49. The molecule has 8 rings (SSSR count). The number of rotatable bonds is 19. The molecule has 64 heavy (non-hydrogen) atoms. The van der Waals surface area contributed by atoms with Crippen molar-refractivity contribution in [1.82, 2.24) is 24.2 Å². The molecule has 0 aliphatic carbocycles. The normalized spacial score (nSPS) is 19.9. The summed E-state index contributed by atoms with van der Waals surface area (Å²) in [6.45, 7) is 8.65. The number of hydrogen-bond donors (Lipinski definition) is 1. The molecule has 0 saturated carbocycles. The standard InChI is InChI=1S/C48H52N7O8P/c1-32(2)55(33(3)4)64(61-27-13-26-49)63-42-41-46(54-31-52-40-43(50-30-51-44(40)54)53-45(56)34-14-9-7-10-15-34)62-47(42,28-59-41)29-60-48(35-16-11-8-12-17-35,36-18-22-38(57-5)23-19-36)37-20-24-39(58-6)25-21-37/h7-12,14-25,30-33,41-42,46H,13,27-29H2,1-6H3,(H,50,51,53,56). The van der Waals surface area contributed by atoms with E-state index in [2.05, 4.69) is 53.7 Å². The third kappa shape index (κ3) is 8.71. The Kier molecular flexibility index (Phi) is 13.6. The fraction of sp³-hybridized carbons (Fsp3) is 0.354. The lowest BCUT2D eigenvalue weighted by Gasteiger charge is -2.41. The molecule has 2 aromatic heterocycles. The van der Waals surface area contributed by atoms with E-state index in [4.69, 9.17) is 37.7 Å². The molecule has 5 atom stereocenters. The zero-order valence-corrected chi connectivity index (χ0v) is 37.6. The van der Waals surface area contributed by atoms with Gasteiger partial charge < -0.3 is 38.0 Å². The monoisotopic (exact) mass is 885 g/mol. The van der Waals surface area contributed by atoms with Gasteiger partial charge in [0.2, 0.25) is 0 Å². The minimum atomic E-state index is -1.76. The smallest absolute Gasteiger partial charge is 0.259 e. The van der Waals surface area contributed by atoms with Crippen LogP contribution in [-0.4, -0.2) is 94.0 Å². The van der Waals surface area contributed by atoms with Crippen LogP contribution in [0.15, 0.2) is 122 Å². The van der Waals surface area contributed by atoms with Crippen LogP contribution >= 0.6 is 8.53 Å². The molecule has 2 aliphatic heterocycles. The third-order valence-corrected chi connectivity index (χ3v) is 13.6. The molecule has 4 heterocycles. The highest BCUT2D eigenvalue weighted by Crippen LogP contribution is 2.56. The van der Waals surface area contributed by atoms with Gasteiger partial charge in [-0.05, 0) is 80.8 Å². The molecule has 6 aromatic rings. The van der Waals surface area contributed by atoms with Crippen molar-refractivity contribution in [3.63, 3.8) is 0 Å². The van der Waals surface area contributed by atoms with Crippen LogP contribution in [0.4, 0.5) is 5.82 Å². The van der Waals surface area contributed by atoms with E-state index in [9.17, 15) is 10.1 Å². The van der Waals surface area contributed by atoms with Gasteiger partial charge in [0.25, 0.3) is 14.4 Å². The summed E-state index contributed by atoms with van der Waals surface area (Å²) in [6, 6.07) is 36.9. The Morgan fingerprint density at radius 3 is 2.09 bits per heavy atom. The van der Waals surface area contributed by atoms with Crippen LogP contribution in [0.25, 0.3) is 11.2 Å². The van der Waals surface area contributed by atoms with Gasteiger partial charge in [-0.3, -0.25) is 9.36 Å². The Labute approximate surface area is 374 Å². The first-order valence-electron chi connectivity index (χ1n) is 21.2. The first-order chi connectivity index (χ1) is 31.1. The number of nitriles is 1. The topological polar surface area (TPSA) is 164 Å². The Bertz CT molecular complexity index is 2480. The maximum Gasteiger partial charge on any atom is 0.259 e. The minimum absolute atomic E-state index is 0.0116. The van der Waals surface area contributed by atoms with Gasteiger partial charge in [0.1, 0.15) is 41.2 Å². The lowest BCUT2D eigenvalue weighted by molar-refractivity contribution is -0.202. The maximum absolute atomic E-state index is 13.3. The number of carbonyl (C=O) groups excluding carboxylic acids is 1. The van der Waals surface area contributed by atoms with Crippen molar-refractivity contribution in [2.45, 2.75) is 75.8 Å². The Hall–Kier alpha value is -5.82. The van der Waals surface area contributed by atoms with Gasteiger partial charge in [-0.1, -0.05) is 72.8 Å². The van der Waals surface area contributed by atoms with Crippen molar-refractivity contribution in [3.05, 3.63) is 144 Å². The van der Waals surface area contributed by atoms with Crippen LogP contribution in [-0.2, 0) is 28.9 Å². The fourth-order valence-corrected chi connectivity index (χ4v) is 10.3. The first-order valence-corrected chi connectivity index (χ1v) is 22.3. The van der Waals surface area contributed by atoms with E-state index < -0.39 is 38.2 Å². The molecular weight excluding hydrogens is 834 g/mol. The van der Waals surface area contributed by atoms with Crippen LogP contribution < -0.4 is 14.8 Å². The van der Waals surface area contributed by atoms with E-state index in [1.54, 1.807) is 49.4 Å². The second-order valence-corrected chi connectivity index (χ2v) is 17.5. The van der Waals surface area contributed by atoms with Gasteiger partial charge in [-0.2, -0.15) is 5.26 Å². The SMILES string of the molecule is COc1ccc(C(OCC23COC(C(n4cnc5c(NC(=O)c6ccccc6)ncnc54)O2)C3OP(OCCC#N)N(C(C)C)C(C)C)(c2ccccc2)c2ccc(OC)cc2)cc1. The van der Waals surface area contributed by atoms with Crippen molar-refractivity contribution in [3.8, 4) is 17.6 Å². The van der Waals surface area contributed by atoms with Crippen LogP contribution in [0.5, 0.6) is 11.5 Å². The van der Waals surface area contributed by atoms with Crippen LogP contribution in [0.3, 0.4) is 0 Å². The second kappa shape index (κ2) is 19.5. The predicted molar refractivity (Wildman–Crippen MR) is 241 cm³/mol. The van der Waals surface area contributed by atoms with Gasteiger partial charge in [-0.25, -0.2) is 19.6 Å². The number of imidazole rings is 1. The quantitative estimate of drug-likeness (QED) is 0.0469. The van der Waals surface area contributed by atoms with Crippen molar-refractivity contribution in [2.24, 2.45) is 0 Å². The summed E-state index contributed by atoms with van der Waals surface area (Å²) in [4.78, 5) is 27.0. The van der Waals surface area contributed by atoms with Crippen LogP contribution in [0, 0.1) is 11.3 Å². The number of nitrogens with one attached hydrogen (secondary N) is 1. The molecule has 332 valence electrons. The van der Waals surface area contributed by atoms with Gasteiger partial charge in [0, 0.05) is 17.6 Å². The number of anilines is 1. The molecule has 15 nitrogen and oxygen atoms in total. The van der Waals surface area contributed by atoms with Crippen LogP contribution in [0.2, 0.25) is 0 Å². The first kappa shape index (κ1) is 44.8. The summed E-state index contributed by atoms with van der Waals surface area (Å²) in [7, 11) is 1.52. The molecule has 1 N–H and O–H groups in total. The Morgan fingerprint density at radius 1 is 0.891 bits per heavy atom. The Morgan fingerprint density at radius 2 is 1.50 bits per heavy atom. The third-order valence-electron chi connectivity index (χ3n) is 11.4. The summed E-state index contributed by atoms with van der Waals surface area (Å²) in [5.74, 6) is 1.31. The minimum Gasteiger partial charge on any atom is -0.497 e. The average Bonchev–Trinajstić information content (AvgIpc) is 4.00. The number of ether oxygens (including phenoxy) is 5. The predicted octanol–water partition coefficient (Wildman–Crippen LogP) is 8.43. The van der Waals surface area contributed by atoms with Crippen molar-refractivity contribution in [1.29, 1.82) is 5.26 Å². The van der Waals surface area contributed by atoms with Crippen molar-refractivity contribution < 1.29 is 37.5 Å². The summed E-state index contributed by atoms with van der Waals surface area (Å²) >= 11 is 0. The molecule has 1 amide bonds. The average molecular weight is 886 g/mol. The number of benzene rings is 4. The number of amides is 1. The fourth-order valence-electron chi connectivity index (χ4n) is 8.47. The summed E-state index contributed by atoms with van der Waals surface area (Å²) in [5, 5.41) is 12.4. The zero-order chi connectivity index (χ0) is 44.8. The Balaban J connectivity index is 1.23. The van der Waals surface area contributed by atoms with E-state index in [1.807, 2.05) is 84.9 Å². The highest BCUT2D eigenvalue weighted by atomic mass is 31.2. The molecule has 2 aliphatic rings. The van der Waals surface area contributed by atoms with E-state index in [-0.39, 0.29) is 50.1 Å². The molecular formula is C48H52N7O8P. The van der Waals surface area contributed by atoms with Crippen molar-refractivity contribution in [2.75, 3.05) is 39.4 Å². The van der Waals surface area contributed by atoms with Crippen LogP contribution in [0.1, 0.15) is 67.4 Å². The summed E-state index contributed by atoms with van der Waals surface area (Å²) in [6.07, 6.45) is 0.930. The number of hydrogen-bond acceptors (Lipinski definition) is 13. The molecule has 4 aromatic carbocycles. The highest BCUT2D eigenvalue weighted by molar-refractivity contribution is 7.44. The van der Waals surface area contributed by atoms with Gasteiger partial charge in [0.15, 0.2) is 23.2 Å². The number of fused-ring (bicyclic) bond motifs is 3. The largest absolute Gasteiger partial charge is 0.497 e. The zero-order valence-electron chi connectivity index (χ0n) is 36.7. The molecule has 0 radical (unpaired) electrons. The van der Waals surface area contributed by atoms with Crippen molar-refractivity contribution >= 4 is 31.4 Å². The number of carbonyl (C=O) groups is 1. The van der Waals surface area contributed by atoms with Gasteiger partial charge >= 0.3 is 0 Å². The number of nitrogens with zero attached hydrogens (tertiary/aromatic N) is 6. The summed E-state index contributed by atoms with van der Waals surface area (Å²) < 4.78 is 50.3. The molecule has 2 fully saturated rings. The molecule has 2 saturated heterocycles. The van der Waals surface area contributed by atoms with E-state index in [0.29, 0.717) is 28.2 Å². The number of methoxy groups -OCH3 is 2. The van der Waals surface area contributed by atoms with Gasteiger partial charge in [0.05, 0.1) is 52.9 Å². The maximum atomic E-state index is 13.3. The second-order valence-electron chi connectivity index (χ2n) is 16.1. The molecule has 5 unspecified atom stereocenters. The van der Waals surface area contributed by atoms with Gasteiger partial charge in [-0.15, -0.1) is 0 Å². The van der Waals surface area contributed by atoms with E-state index >= 15 is 0 Å². The highest BCUT2D eigenvalue weighted by Gasteiger charge is 2.65. The molecule has 2 bridgehead atoms. The summed E-state index contributed by atoms with van der Waals surface area (Å²) in [5.41, 5.74) is 1.42. The van der Waals surface area contributed by atoms with E-state index in [1.165, 1.54) is 6.33 Å². The molecule has 16 heteroatoms. The molecule has 0 spiro atoms. The lowest BCUT2D eigenvalue weighted by atomic mass is 9.79. The van der Waals surface area contributed by atoms with E-state index in [0.717, 1.165) is 16.7 Å².